The highest BCUT2D eigenvalue weighted by molar-refractivity contribution is 6.12. The van der Waals surface area contributed by atoms with Crippen LogP contribution in [0.1, 0.15) is 16.5 Å². The zero-order chi connectivity index (χ0) is 9.54. The van der Waals surface area contributed by atoms with Gasteiger partial charge in [-0.25, -0.2) is 4.99 Å². The smallest absolute Gasteiger partial charge is 0.293 e. The summed E-state index contributed by atoms with van der Waals surface area (Å²) in [6, 6.07) is 3.77. The maximum atomic E-state index is 11.5. The number of hydrogen-bond acceptors (Lipinski definition) is 1. The maximum absolute atomic E-state index is 11.5. The molecule has 3 rings (SSSR count). The third kappa shape index (κ3) is 0.865. The highest BCUT2D eigenvalue weighted by Crippen LogP contribution is 2.24. The summed E-state index contributed by atoms with van der Waals surface area (Å²) in [4.78, 5) is 15.6. The second-order valence-corrected chi connectivity index (χ2v) is 3.33. The lowest BCUT2D eigenvalue weighted by atomic mass is 10.0. The van der Waals surface area contributed by atoms with Gasteiger partial charge < -0.3 is 4.57 Å². The van der Waals surface area contributed by atoms with Gasteiger partial charge in [0, 0.05) is 6.20 Å². The number of aromatic nitrogens is 1. The van der Waals surface area contributed by atoms with E-state index in [-0.39, 0.29) is 11.9 Å². The highest BCUT2D eigenvalue weighted by atomic mass is 16.1. The fourth-order valence-corrected chi connectivity index (χ4v) is 1.85. The molecule has 2 aliphatic rings. The lowest BCUT2D eigenvalue weighted by Gasteiger charge is -2.23. The SMILES string of the molecule is O=C1N=C2C=CC=CC2n2cccc21. The average Bonchev–Trinajstić information content (AvgIpc) is 2.67. The van der Waals surface area contributed by atoms with E-state index in [9.17, 15) is 4.79 Å². The van der Waals surface area contributed by atoms with Crippen LogP contribution in [0.3, 0.4) is 0 Å². The van der Waals surface area contributed by atoms with E-state index in [1.807, 2.05) is 41.1 Å². The van der Waals surface area contributed by atoms with Gasteiger partial charge in [0.2, 0.25) is 0 Å². The van der Waals surface area contributed by atoms with Crippen LogP contribution in [0.5, 0.6) is 0 Å². The maximum Gasteiger partial charge on any atom is 0.293 e. The monoisotopic (exact) mass is 184 g/mol. The molecule has 0 saturated carbocycles. The molecule has 0 N–H and O–H groups in total. The molecule has 1 aliphatic heterocycles. The van der Waals surface area contributed by atoms with Gasteiger partial charge in [0.15, 0.2) is 0 Å². The molecule has 1 amide bonds. The molecule has 3 nitrogen and oxygen atoms in total. The second kappa shape index (κ2) is 2.54. The van der Waals surface area contributed by atoms with Gasteiger partial charge >= 0.3 is 0 Å². The van der Waals surface area contributed by atoms with Gasteiger partial charge in [0.25, 0.3) is 5.91 Å². The molecule has 2 heterocycles. The van der Waals surface area contributed by atoms with Gasteiger partial charge in [-0.05, 0) is 18.2 Å². The minimum absolute atomic E-state index is 0.0997. The van der Waals surface area contributed by atoms with Gasteiger partial charge in [0.1, 0.15) is 5.69 Å². The Morgan fingerprint density at radius 1 is 1.36 bits per heavy atom. The molecule has 1 unspecified atom stereocenters. The number of amides is 1. The summed E-state index contributed by atoms with van der Waals surface area (Å²) < 4.78 is 1.95. The van der Waals surface area contributed by atoms with Crippen molar-refractivity contribution in [1.29, 1.82) is 0 Å². The first-order valence-electron chi connectivity index (χ1n) is 4.51. The average molecular weight is 184 g/mol. The molecule has 1 aliphatic carbocycles. The Balaban J connectivity index is 2.23. The van der Waals surface area contributed by atoms with E-state index in [1.54, 1.807) is 6.07 Å². The molecule has 68 valence electrons. The topological polar surface area (TPSA) is 34.4 Å². The predicted molar refractivity (Wildman–Crippen MR) is 53.5 cm³/mol. The summed E-state index contributed by atoms with van der Waals surface area (Å²) in [5, 5.41) is 0. The van der Waals surface area contributed by atoms with Crippen LogP contribution in [0.4, 0.5) is 0 Å². The standard InChI is InChI=1S/C11H8N2O/c14-11-10-6-3-7-13(10)9-5-2-1-4-8(9)12-11/h1-7,9H. The van der Waals surface area contributed by atoms with E-state index in [0.29, 0.717) is 5.69 Å². The van der Waals surface area contributed by atoms with Crippen molar-refractivity contribution in [2.45, 2.75) is 6.04 Å². The van der Waals surface area contributed by atoms with Crippen molar-refractivity contribution in [2.24, 2.45) is 4.99 Å². The van der Waals surface area contributed by atoms with Crippen molar-refractivity contribution in [3.63, 3.8) is 0 Å². The number of aliphatic imine (C=N–C) groups is 1. The second-order valence-electron chi connectivity index (χ2n) is 3.33. The number of nitrogens with zero attached hydrogens (tertiary/aromatic N) is 2. The molecular weight excluding hydrogens is 176 g/mol. The van der Waals surface area contributed by atoms with Gasteiger partial charge in [-0.3, -0.25) is 4.79 Å². The Bertz CT molecular complexity index is 491. The number of carbonyl (C=O) groups is 1. The molecule has 1 aromatic heterocycles. The zero-order valence-electron chi connectivity index (χ0n) is 7.42. The Morgan fingerprint density at radius 3 is 3.21 bits per heavy atom. The summed E-state index contributed by atoms with van der Waals surface area (Å²) >= 11 is 0. The first-order chi connectivity index (χ1) is 6.86. The van der Waals surface area contributed by atoms with Gasteiger partial charge in [-0.2, -0.15) is 0 Å². The predicted octanol–water partition coefficient (Wildman–Crippen LogP) is 1.75. The lowest BCUT2D eigenvalue weighted by Crippen LogP contribution is -2.26. The van der Waals surface area contributed by atoms with E-state index < -0.39 is 0 Å². The molecule has 3 heteroatoms. The summed E-state index contributed by atoms with van der Waals surface area (Å²) in [6.07, 6.45) is 9.71. The first-order valence-corrected chi connectivity index (χ1v) is 4.51. The number of rotatable bonds is 0. The highest BCUT2D eigenvalue weighted by Gasteiger charge is 2.25. The van der Waals surface area contributed by atoms with Crippen molar-refractivity contribution in [2.75, 3.05) is 0 Å². The molecule has 0 saturated heterocycles. The van der Waals surface area contributed by atoms with E-state index in [2.05, 4.69) is 4.99 Å². The summed E-state index contributed by atoms with van der Waals surface area (Å²) in [5.41, 5.74) is 1.49. The Morgan fingerprint density at radius 2 is 2.29 bits per heavy atom. The van der Waals surface area contributed by atoms with Crippen molar-refractivity contribution < 1.29 is 4.79 Å². The number of carbonyl (C=O) groups excluding carboxylic acids is 1. The Labute approximate surface area is 81.1 Å². The third-order valence-electron chi connectivity index (χ3n) is 2.50. The molecule has 0 aromatic carbocycles. The molecule has 0 fully saturated rings. The van der Waals surface area contributed by atoms with Crippen LogP contribution in [-0.2, 0) is 0 Å². The third-order valence-corrected chi connectivity index (χ3v) is 2.50. The lowest BCUT2D eigenvalue weighted by molar-refractivity contribution is 0.0989. The first kappa shape index (κ1) is 7.50. The number of fused-ring (bicyclic) bond motifs is 3. The molecule has 0 spiro atoms. The van der Waals surface area contributed by atoms with Crippen LogP contribution < -0.4 is 0 Å². The van der Waals surface area contributed by atoms with Crippen LogP contribution >= 0.6 is 0 Å². The van der Waals surface area contributed by atoms with Crippen molar-refractivity contribution in [3.05, 3.63) is 48.3 Å². The van der Waals surface area contributed by atoms with Crippen molar-refractivity contribution in [1.82, 2.24) is 4.57 Å². The number of hydrogen-bond donors (Lipinski definition) is 0. The molecule has 1 aromatic rings. The molecule has 0 bridgehead atoms. The van der Waals surface area contributed by atoms with Gasteiger partial charge in [0.05, 0.1) is 11.8 Å². The van der Waals surface area contributed by atoms with Crippen LogP contribution in [-0.4, -0.2) is 16.2 Å². The molecular formula is C11H8N2O. The van der Waals surface area contributed by atoms with Crippen LogP contribution in [0.2, 0.25) is 0 Å². The zero-order valence-corrected chi connectivity index (χ0v) is 7.42. The van der Waals surface area contributed by atoms with E-state index >= 15 is 0 Å². The van der Waals surface area contributed by atoms with Crippen molar-refractivity contribution >= 4 is 11.6 Å². The largest absolute Gasteiger partial charge is 0.331 e. The fourth-order valence-electron chi connectivity index (χ4n) is 1.85. The fraction of sp³-hybridized carbons (Fsp3) is 0.0909. The summed E-state index contributed by atoms with van der Waals surface area (Å²) in [7, 11) is 0. The number of allylic oxidation sites excluding steroid dienone is 4. The van der Waals surface area contributed by atoms with Crippen molar-refractivity contribution in [3.8, 4) is 0 Å². The van der Waals surface area contributed by atoms with E-state index in [0.717, 1.165) is 5.71 Å². The Hall–Kier alpha value is -1.90. The molecule has 0 radical (unpaired) electrons. The van der Waals surface area contributed by atoms with Crippen LogP contribution in [0.25, 0.3) is 0 Å². The minimum Gasteiger partial charge on any atom is -0.331 e. The van der Waals surface area contributed by atoms with E-state index in [1.165, 1.54) is 0 Å². The van der Waals surface area contributed by atoms with Gasteiger partial charge in [-0.1, -0.05) is 18.2 Å². The molecule has 1 atom stereocenters. The minimum atomic E-state index is -0.152. The van der Waals surface area contributed by atoms with Crippen LogP contribution in [0.15, 0.2) is 47.6 Å². The normalized spacial score (nSPS) is 23.0. The van der Waals surface area contributed by atoms with E-state index in [4.69, 9.17) is 0 Å². The Kier molecular flexibility index (Phi) is 1.36. The van der Waals surface area contributed by atoms with Gasteiger partial charge in [-0.15, -0.1) is 0 Å². The summed E-state index contributed by atoms with van der Waals surface area (Å²) in [5.74, 6) is -0.152. The quantitative estimate of drug-likeness (QED) is 0.604. The molecule has 14 heavy (non-hydrogen) atoms. The van der Waals surface area contributed by atoms with Crippen LogP contribution in [0, 0.1) is 0 Å². The summed E-state index contributed by atoms with van der Waals surface area (Å²) in [6.45, 7) is 0.